The van der Waals surface area contributed by atoms with E-state index in [1.807, 2.05) is 0 Å². The van der Waals surface area contributed by atoms with E-state index in [-0.39, 0.29) is 0 Å². The van der Waals surface area contributed by atoms with Gasteiger partial charge in [-0.2, -0.15) is 0 Å². The van der Waals surface area contributed by atoms with E-state index in [2.05, 4.69) is 24.2 Å². The summed E-state index contributed by atoms with van der Waals surface area (Å²) in [5.74, 6) is 0. The average Bonchev–Trinajstić information content (AvgIpc) is 3.14. The molecule has 1 N–H and O–H groups in total. The van der Waals surface area contributed by atoms with E-state index in [1.165, 1.54) is 71.0 Å². The van der Waals surface area contributed by atoms with Crippen molar-refractivity contribution in [2.45, 2.75) is 64.3 Å². The van der Waals surface area contributed by atoms with E-state index in [4.69, 9.17) is 0 Å². The van der Waals surface area contributed by atoms with Crippen molar-refractivity contribution in [2.24, 2.45) is 5.41 Å². The Morgan fingerprint density at radius 2 is 1.76 bits per heavy atom. The van der Waals surface area contributed by atoms with Gasteiger partial charge in [0.1, 0.15) is 0 Å². The van der Waals surface area contributed by atoms with Crippen LogP contribution in [0, 0.1) is 5.41 Å². The van der Waals surface area contributed by atoms with Gasteiger partial charge < -0.3 is 10.2 Å². The molecular weight excluding hydrogens is 208 g/mol. The SMILES string of the molecule is CCN(CC1(CNC)CCCCCC1)C1CC1. The zero-order valence-electron chi connectivity index (χ0n) is 11.8. The van der Waals surface area contributed by atoms with Crippen molar-refractivity contribution in [3.63, 3.8) is 0 Å². The molecule has 2 rings (SSSR count). The zero-order chi connectivity index (χ0) is 12.1. The summed E-state index contributed by atoms with van der Waals surface area (Å²) in [6, 6.07) is 0.928. The van der Waals surface area contributed by atoms with E-state index >= 15 is 0 Å². The monoisotopic (exact) mass is 238 g/mol. The second kappa shape index (κ2) is 6.19. The van der Waals surface area contributed by atoms with Gasteiger partial charge in [-0.25, -0.2) is 0 Å². The second-order valence-electron chi connectivity index (χ2n) is 6.24. The van der Waals surface area contributed by atoms with Crippen molar-refractivity contribution >= 4 is 0 Å². The highest BCUT2D eigenvalue weighted by Gasteiger charge is 2.36. The van der Waals surface area contributed by atoms with Gasteiger partial charge >= 0.3 is 0 Å². The molecule has 0 saturated heterocycles. The zero-order valence-corrected chi connectivity index (χ0v) is 11.8. The molecule has 0 radical (unpaired) electrons. The highest BCUT2D eigenvalue weighted by atomic mass is 15.2. The third-order valence-corrected chi connectivity index (χ3v) is 4.72. The summed E-state index contributed by atoms with van der Waals surface area (Å²) < 4.78 is 0. The summed E-state index contributed by atoms with van der Waals surface area (Å²) in [7, 11) is 2.13. The minimum atomic E-state index is 0.573. The Bertz CT molecular complexity index is 215. The van der Waals surface area contributed by atoms with Crippen LogP contribution in [0.4, 0.5) is 0 Å². The van der Waals surface area contributed by atoms with Crippen LogP contribution in [-0.4, -0.2) is 37.6 Å². The topological polar surface area (TPSA) is 15.3 Å². The fraction of sp³-hybridized carbons (Fsp3) is 1.00. The highest BCUT2D eigenvalue weighted by molar-refractivity contribution is 4.91. The summed E-state index contributed by atoms with van der Waals surface area (Å²) in [5, 5.41) is 3.47. The lowest BCUT2D eigenvalue weighted by molar-refractivity contribution is 0.127. The van der Waals surface area contributed by atoms with Crippen LogP contribution in [0.25, 0.3) is 0 Å². The van der Waals surface area contributed by atoms with Gasteiger partial charge in [-0.15, -0.1) is 0 Å². The summed E-state index contributed by atoms with van der Waals surface area (Å²) in [6.07, 6.45) is 11.6. The molecule has 2 fully saturated rings. The first-order chi connectivity index (χ1) is 8.29. The molecule has 100 valence electrons. The quantitative estimate of drug-likeness (QED) is 0.716. The van der Waals surface area contributed by atoms with E-state index in [9.17, 15) is 0 Å². The predicted octanol–water partition coefficient (Wildman–Crippen LogP) is 3.03. The molecule has 0 unspecified atom stereocenters. The van der Waals surface area contributed by atoms with Crippen molar-refractivity contribution in [2.75, 3.05) is 26.7 Å². The number of hydrogen-bond donors (Lipinski definition) is 1. The lowest BCUT2D eigenvalue weighted by atomic mass is 9.79. The summed E-state index contributed by atoms with van der Waals surface area (Å²) in [6.45, 7) is 6.14. The van der Waals surface area contributed by atoms with E-state index < -0.39 is 0 Å². The van der Waals surface area contributed by atoms with Gasteiger partial charge in [-0.1, -0.05) is 32.6 Å². The molecule has 2 nitrogen and oxygen atoms in total. The van der Waals surface area contributed by atoms with Crippen LogP contribution in [0.2, 0.25) is 0 Å². The highest BCUT2D eigenvalue weighted by Crippen LogP contribution is 2.38. The van der Waals surface area contributed by atoms with E-state index in [0.717, 1.165) is 6.04 Å². The van der Waals surface area contributed by atoms with E-state index in [1.54, 1.807) is 0 Å². The van der Waals surface area contributed by atoms with Gasteiger partial charge in [0.2, 0.25) is 0 Å². The largest absolute Gasteiger partial charge is 0.319 e. The molecule has 0 spiro atoms. The van der Waals surface area contributed by atoms with Crippen molar-refractivity contribution in [1.82, 2.24) is 10.2 Å². The van der Waals surface area contributed by atoms with Gasteiger partial charge in [0.05, 0.1) is 0 Å². The van der Waals surface area contributed by atoms with Gasteiger partial charge in [-0.3, -0.25) is 0 Å². The van der Waals surface area contributed by atoms with Crippen molar-refractivity contribution in [3.05, 3.63) is 0 Å². The Hall–Kier alpha value is -0.0800. The Morgan fingerprint density at radius 1 is 1.12 bits per heavy atom. The normalized spacial score (nSPS) is 24.9. The summed E-state index contributed by atoms with van der Waals surface area (Å²) in [5.41, 5.74) is 0.573. The molecule has 0 amide bonds. The summed E-state index contributed by atoms with van der Waals surface area (Å²) in [4.78, 5) is 2.75. The maximum Gasteiger partial charge on any atom is 0.00965 e. The molecule has 17 heavy (non-hydrogen) atoms. The van der Waals surface area contributed by atoms with Gasteiger partial charge in [0.15, 0.2) is 0 Å². The third-order valence-electron chi connectivity index (χ3n) is 4.72. The standard InChI is InChI=1S/C15H30N2/c1-3-17(14-8-9-14)13-15(12-16-2)10-6-4-5-7-11-15/h14,16H,3-13H2,1-2H3. The van der Waals surface area contributed by atoms with Crippen molar-refractivity contribution < 1.29 is 0 Å². The van der Waals surface area contributed by atoms with Crippen LogP contribution < -0.4 is 5.32 Å². The Kier molecular flexibility index (Phi) is 4.87. The maximum atomic E-state index is 3.47. The lowest BCUT2D eigenvalue weighted by Crippen LogP contribution is -2.44. The molecule has 2 aliphatic carbocycles. The Balaban J connectivity index is 1.97. The molecule has 2 saturated carbocycles. The first-order valence-electron chi connectivity index (χ1n) is 7.68. The molecule has 0 aromatic heterocycles. The molecule has 2 aliphatic rings. The van der Waals surface area contributed by atoms with Gasteiger partial charge in [0, 0.05) is 19.1 Å². The number of hydrogen-bond acceptors (Lipinski definition) is 2. The van der Waals surface area contributed by atoms with Crippen molar-refractivity contribution in [3.8, 4) is 0 Å². The molecule has 0 atom stereocenters. The second-order valence-corrected chi connectivity index (χ2v) is 6.24. The van der Waals surface area contributed by atoms with Crippen molar-refractivity contribution in [1.29, 1.82) is 0 Å². The van der Waals surface area contributed by atoms with Gasteiger partial charge in [0.25, 0.3) is 0 Å². The third kappa shape index (κ3) is 3.69. The minimum Gasteiger partial charge on any atom is -0.319 e. The molecule has 2 heteroatoms. The molecular formula is C15H30N2. The fourth-order valence-electron chi connectivity index (χ4n) is 3.61. The Labute approximate surface area is 107 Å². The van der Waals surface area contributed by atoms with Crippen LogP contribution in [-0.2, 0) is 0 Å². The average molecular weight is 238 g/mol. The Morgan fingerprint density at radius 3 is 2.24 bits per heavy atom. The molecule has 0 aromatic carbocycles. The number of rotatable bonds is 6. The first kappa shape index (κ1) is 13.4. The van der Waals surface area contributed by atoms with Crippen LogP contribution in [0.3, 0.4) is 0 Å². The maximum absolute atomic E-state index is 3.47. The van der Waals surface area contributed by atoms with E-state index in [0.29, 0.717) is 5.41 Å². The number of nitrogens with one attached hydrogen (secondary N) is 1. The van der Waals surface area contributed by atoms with Crippen LogP contribution in [0.5, 0.6) is 0 Å². The van der Waals surface area contributed by atoms with Crippen LogP contribution in [0.15, 0.2) is 0 Å². The molecule has 0 bridgehead atoms. The van der Waals surface area contributed by atoms with Gasteiger partial charge in [-0.05, 0) is 44.7 Å². The summed E-state index contributed by atoms with van der Waals surface area (Å²) >= 11 is 0. The molecule has 0 aliphatic heterocycles. The molecule has 0 aromatic rings. The minimum absolute atomic E-state index is 0.573. The smallest absolute Gasteiger partial charge is 0.00965 e. The first-order valence-corrected chi connectivity index (χ1v) is 7.68. The molecule has 0 heterocycles. The van der Waals surface area contributed by atoms with Crippen LogP contribution >= 0.6 is 0 Å². The van der Waals surface area contributed by atoms with Crippen LogP contribution in [0.1, 0.15) is 58.3 Å². The lowest BCUT2D eigenvalue weighted by Gasteiger charge is -2.38. The predicted molar refractivity (Wildman–Crippen MR) is 74.3 cm³/mol. The number of nitrogens with zero attached hydrogens (tertiary/aromatic N) is 1. The fourth-order valence-corrected chi connectivity index (χ4v) is 3.61.